The van der Waals surface area contributed by atoms with E-state index in [1.54, 1.807) is 17.0 Å². The maximum absolute atomic E-state index is 13.1. The first kappa shape index (κ1) is 15.1. The van der Waals surface area contributed by atoms with Crippen LogP contribution in [0.5, 0.6) is 0 Å². The first-order valence-electron chi connectivity index (χ1n) is 9.01. The van der Waals surface area contributed by atoms with E-state index < -0.39 is 0 Å². The summed E-state index contributed by atoms with van der Waals surface area (Å²) in [5.41, 5.74) is 1.63. The van der Waals surface area contributed by atoms with Gasteiger partial charge < -0.3 is 0 Å². The summed E-state index contributed by atoms with van der Waals surface area (Å²) in [6.07, 6.45) is 3.99. The molecule has 3 saturated heterocycles. The molecule has 24 heavy (non-hydrogen) atoms. The number of benzene rings is 1. The zero-order valence-electron chi connectivity index (χ0n) is 13.8. The molecule has 126 valence electrons. The van der Waals surface area contributed by atoms with Crippen LogP contribution in [0.3, 0.4) is 0 Å². The van der Waals surface area contributed by atoms with Gasteiger partial charge in [0.25, 0.3) is 0 Å². The molecule has 5 rings (SSSR count). The summed E-state index contributed by atoms with van der Waals surface area (Å²) >= 11 is 1.92. The molecule has 0 unspecified atom stereocenters. The average molecular weight is 342 g/mol. The minimum absolute atomic E-state index is 0.142. The standard InChI is InChI=1S/C20H23FN2S/c21-17-6-4-15(5-7-17)12-22-13-16-11-18(19-3-1-10-24-19)23-9-2-8-20(16,23)14-22/h1,3-7,10,16,18H,2,8-9,11-14H2/t16-,18+,20-/m1/s1. The third kappa shape index (κ3) is 2.27. The van der Waals surface area contributed by atoms with Crippen LogP contribution in [0.4, 0.5) is 4.39 Å². The summed E-state index contributed by atoms with van der Waals surface area (Å²) in [7, 11) is 0. The monoisotopic (exact) mass is 342 g/mol. The molecule has 0 saturated carbocycles. The molecule has 0 radical (unpaired) electrons. The van der Waals surface area contributed by atoms with Gasteiger partial charge in [-0.25, -0.2) is 4.39 Å². The predicted molar refractivity (Wildman–Crippen MR) is 95.5 cm³/mol. The van der Waals surface area contributed by atoms with E-state index in [9.17, 15) is 4.39 Å². The molecule has 1 aromatic heterocycles. The molecule has 4 heteroatoms. The highest BCUT2D eigenvalue weighted by atomic mass is 32.1. The summed E-state index contributed by atoms with van der Waals surface area (Å²) in [4.78, 5) is 6.98. The van der Waals surface area contributed by atoms with Crippen molar-refractivity contribution < 1.29 is 4.39 Å². The molecule has 3 fully saturated rings. The number of likely N-dealkylation sites (tertiary alicyclic amines) is 1. The van der Waals surface area contributed by atoms with Gasteiger partial charge in [-0.05, 0) is 60.9 Å². The van der Waals surface area contributed by atoms with E-state index in [1.807, 2.05) is 23.5 Å². The fourth-order valence-electron chi connectivity index (χ4n) is 5.47. The Balaban J connectivity index is 1.36. The smallest absolute Gasteiger partial charge is 0.123 e. The lowest BCUT2D eigenvalue weighted by Gasteiger charge is -2.35. The molecule has 2 aromatic rings. The van der Waals surface area contributed by atoms with Crippen LogP contribution in [0.25, 0.3) is 0 Å². The quantitative estimate of drug-likeness (QED) is 0.821. The topological polar surface area (TPSA) is 6.48 Å². The van der Waals surface area contributed by atoms with Gasteiger partial charge in [-0.15, -0.1) is 11.3 Å². The van der Waals surface area contributed by atoms with Crippen LogP contribution in [0.1, 0.15) is 35.7 Å². The second-order valence-electron chi connectivity index (χ2n) is 7.66. The Morgan fingerprint density at radius 1 is 1.21 bits per heavy atom. The highest BCUT2D eigenvalue weighted by molar-refractivity contribution is 7.10. The van der Waals surface area contributed by atoms with Crippen LogP contribution < -0.4 is 0 Å². The lowest BCUT2D eigenvalue weighted by Crippen LogP contribution is -2.45. The maximum atomic E-state index is 13.1. The second-order valence-corrected chi connectivity index (χ2v) is 8.64. The van der Waals surface area contributed by atoms with E-state index in [0.717, 1.165) is 12.5 Å². The van der Waals surface area contributed by atoms with Gasteiger partial charge in [-0.2, -0.15) is 0 Å². The molecule has 0 aliphatic carbocycles. The predicted octanol–water partition coefficient (Wildman–Crippen LogP) is 4.30. The fourth-order valence-corrected chi connectivity index (χ4v) is 6.32. The lowest BCUT2D eigenvalue weighted by atomic mass is 9.86. The van der Waals surface area contributed by atoms with Crippen LogP contribution in [0, 0.1) is 11.7 Å². The van der Waals surface area contributed by atoms with Gasteiger partial charge in [-0.3, -0.25) is 9.80 Å². The SMILES string of the molecule is Fc1ccc(CN2C[C@H]3C[C@@H](c4cccs4)N4CCC[C@@]34C2)cc1. The third-order valence-electron chi connectivity index (χ3n) is 6.39. The van der Waals surface area contributed by atoms with E-state index in [0.29, 0.717) is 11.6 Å². The van der Waals surface area contributed by atoms with Gasteiger partial charge in [-0.1, -0.05) is 18.2 Å². The van der Waals surface area contributed by atoms with Gasteiger partial charge in [0, 0.05) is 36.1 Å². The van der Waals surface area contributed by atoms with Crippen molar-refractivity contribution >= 4 is 11.3 Å². The Bertz CT molecular complexity index is 714. The molecule has 0 N–H and O–H groups in total. The van der Waals surface area contributed by atoms with Gasteiger partial charge >= 0.3 is 0 Å². The van der Waals surface area contributed by atoms with Crippen molar-refractivity contribution in [1.82, 2.24) is 9.80 Å². The van der Waals surface area contributed by atoms with Gasteiger partial charge in [0.2, 0.25) is 0 Å². The maximum Gasteiger partial charge on any atom is 0.123 e. The number of hydrogen-bond donors (Lipinski definition) is 0. The Hall–Kier alpha value is -1.23. The van der Waals surface area contributed by atoms with Crippen LogP contribution in [-0.4, -0.2) is 35.0 Å². The van der Waals surface area contributed by atoms with E-state index in [1.165, 1.54) is 44.5 Å². The Morgan fingerprint density at radius 3 is 2.88 bits per heavy atom. The molecule has 3 aliphatic rings. The third-order valence-corrected chi connectivity index (χ3v) is 7.37. The highest BCUT2D eigenvalue weighted by Gasteiger charge is 2.59. The van der Waals surface area contributed by atoms with Gasteiger partial charge in [0.1, 0.15) is 5.82 Å². The van der Waals surface area contributed by atoms with Crippen molar-refractivity contribution in [3.63, 3.8) is 0 Å². The minimum Gasteiger partial charge on any atom is -0.297 e. The minimum atomic E-state index is -0.142. The molecule has 4 heterocycles. The van der Waals surface area contributed by atoms with Gasteiger partial charge in [0.15, 0.2) is 0 Å². The number of nitrogens with zero attached hydrogens (tertiary/aromatic N) is 2. The Morgan fingerprint density at radius 2 is 2.08 bits per heavy atom. The average Bonchev–Trinajstić information content (AvgIpc) is 3.31. The fraction of sp³-hybridized carbons (Fsp3) is 0.500. The number of thiophene rings is 1. The van der Waals surface area contributed by atoms with E-state index >= 15 is 0 Å². The largest absolute Gasteiger partial charge is 0.297 e. The normalized spacial score (nSPS) is 33.0. The molecular weight excluding hydrogens is 319 g/mol. The molecular formula is C20H23FN2S. The van der Waals surface area contributed by atoms with Crippen LogP contribution >= 0.6 is 11.3 Å². The Kier molecular flexibility index (Phi) is 3.55. The summed E-state index contributed by atoms with van der Waals surface area (Å²) in [5.74, 6) is 0.643. The van der Waals surface area contributed by atoms with Crippen molar-refractivity contribution in [3.05, 3.63) is 58.0 Å². The molecule has 3 aliphatic heterocycles. The highest BCUT2D eigenvalue weighted by Crippen LogP contribution is 2.56. The number of hydrogen-bond acceptors (Lipinski definition) is 3. The van der Waals surface area contributed by atoms with Crippen LogP contribution in [0.2, 0.25) is 0 Å². The van der Waals surface area contributed by atoms with Crippen LogP contribution in [0.15, 0.2) is 41.8 Å². The zero-order valence-corrected chi connectivity index (χ0v) is 14.6. The summed E-state index contributed by atoms with van der Waals surface area (Å²) < 4.78 is 13.1. The molecule has 0 amide bonds. The number of rotatable bonds is 3. The first-order chi connectivity index (χ1) is 11.7. The van der Waals surface area contributed by atoms with Crippen molar-refractivity contribution in [2.45, 2.75) is 37.4 Å². The summed E-state index contributed by atoms with van der Waals surface area (Å²) in [5, 5.41) is 2.22. The molecule has 1 spiro atoms. The van der Waals surface area contributed by atoms with Crippen molar-refractivity contribution in [1.29, 1.82) is 0 Å². The van der Waals surface area contributed by atoms with Gasteiger partial charge in [0.05, 0.1) is 0 Å². The molecule has 2 nitrogen and oxygen atoms in total. The van der Waals surface area contributed by atoms with E-state index in [2.05, 4.69) is 27.3 Å². The van der Waals surface area contributed by atoms with E-state index in [-0.39, 0.29) is 5.82 Å². The first-order valence-corrected chi connectivity index (χ1v) is 9.89. The van der Waals surface area contributed by atoms with Crippen molar-refractivity contribution in [3.8, 4) is 0 Å². The second kappa shape index (κ2) is 5.65. The van der Waals surface area contributed by atoms with Crippen molar-refractivity contribution in [2.24, 2.45) is 5.92 Å². The molecule has 0 bridgehead atoms. The zero-order chi connectivity index (χ0) is 16.1. The number of halogens is 1. The Labute approximate surface area is 146 Å². The summed E-state index contributed by atoms with van der Waals surface area (Å²) in [6, 6.07) is 12.2. The summed E-state index contributed by atoms with van der Waals surface area (Å²) in [6.45, 7) is 4.58. The van der Waals surface area contributed by atoms with Crippen LogP contribution in [-0.2, 0) is 6.54 Å². The molecule has 3 atom stereocenters. The van der Waals surface area contributed by atoms with E-state index in [4.69, 9.17) is 0 Å². The molecule has 1 aromatic carbocycles. The van der Waals surface area contributed by atoms with Crippen molar-refractivity contribution in [2.75, 3.05) is 19.6 Å². The lowest BCUT2D eigenvalue weighted by molar-refractivity contribution is 0.132.